The third-order valence-corrected chi connectivity index (χ3v) is 5.80. The van der Waals surface area contributed by atoms with Gasteiger partial charge in [-0.05, 0) is 75.1 Å². The zero-order valence-electron chi connectivity index (χ0n) is 15.5. The Balaban J connectivity index is 1.44. The van der Waals surface area contributed by atoms with Crippen LogP contribution in [0, 0.1) is 11.3 Å². The van der Waals surface area contributed by atoms with E-state index in [0.29, 0.717) is 6.61 Å². The molecule has 25 heavy (non-hydrogen) atoms. The van der Waals surface area contributed by atoms with Crippen molar-refractivity contribution in [2.75, 3.05) is 44.6 Å². The topological polar surface area (TPSA) is 53.6 Å². The fourth-order valence-corrected chi connectivity index (χ4v) is 3.89. The fraction of sp³-hybridized carbons (Fsp3) is 0.650. The summed E-state index contributed by atoms with van der Waals surface area (Å²) >= 11 is 0. The Morgan fingerprint density at radius 3 is 2.56 bits per heavy atom. The van der Waals surface area contributed by atoms with Crippen LogP contribution in [0.5, 0.6) is 5.75 Å². The molecule has 1 aliphatic carbocycles. The summed E-state index contributed by atoms with van der Waals surface area (Å²) in [5.41, 5.74) is 1.14. The van der Waals surface area contributed by atoms with E-state index in [-0.39, 0.29) is 17.2 Å². The number of rotatable bonds is 8. The van der Waals surface area contributed by atoms with Crippen LogP contribution in [-0.2, 0) is 4.79 Å². The first-order valence-corrected chi connectivity index (χ1v) is 9.63. The van der Waals surface area contributed by atoms with Gasteiger partial charge in [-0.15, -0.1) is 0 Å². The number of piperidine rings is 1. The molecule has 1 amide bonds. The van der Waals surface area contributed by atoms with E-state index in [1.807, 2.05) is 24.3 Å². The first-order valence-electron chi connectivity index (χ1n) is 9.63. The molecule has 1 saturated carbocycles. The highest BCUT2D eigenvalue weighted by Gasteiger charge is 2.57. The normalized spacial score (nSPS) is 21.3. The average Bonchev–Trinajstić information content (AvgIpc) is 3.34. The van der Waals surface area contributed by atoms with Gasteiger partial charge in [-0.2, -0.15) is 0 Å². The SMILES string of the molecule is CCN(CC)CCOc1ccc(NC(=O)C2CC23CCNCC3)cc1. The molecule has 3 rings (SSSR count). The molecule has 1 spiro atoms. The number of carbonyl (C=O) groups is 1. The summed E-state index contributed by atoms with van der Waals surface area (Å²) < 4.78 is 5.79. The lowest BCUT2D eigenvalue weighted by Crippen LogP contribution is -2.31. The molecule has 1 atom stereocenters. The van der Waals surface area contributed by atoms with Crippen LogP contribution in [0.3, 0.4) is 0 Å². The Morgan fingerprint density at radius 2 is 1.92 bits per heavy atom. The molecule has 1 aliphatic heterocycles. The van der Waals surface area contributed by atoms with Gasteiger partial charge in [-0.1, -0.05) is 13.8 Å². The summed E-state index contributed by atoms with van der Waals surface area (Å²) in [5.74, 6) is 1.23. The summed E-state index contributed by atoms with van der Waals surface area (Å²) in [6.07, 6.45) is 3.31. The first-order chi connectivity index (χ1) is 12.2. The van der Waals surface area contributed by atoms with E-state index in [1.54, 1.807) is 0 Å². The molecular formula is C20H31N3O2. The van der Waals surface area contributed by atoms with Gasteiger partial charge in [0.25, 0.3) is 0 Å². The second-order valence-electron chi connectivity index (χ2n) is 7.26. The maximum absolute atomic E-state index is 12.5. The van der Waals surface area contributed by atoms with Gasteiger partial charge in [0, 0.05) is 18.2 Å². The second-order valence-corrected chi connectivity index (χ2v) is 7.26. The van der Waals surface area contributed by atoms with Gasteiger partial charge in [0.05, 0.1) is 0 Å². The maximum Gasteiger partial charge on any atom is 0.228 e. The van der Waals surface area contributed by atoms with Crippen LogP contribution in [0.15, 0.2) is 24.3 Å². The highest BCUT2D eigenvalue weighted by molar-refractivity contribution is 5.95. The predicted molar refractivity (Wildman–Crippen MR) is 101 cm³/mol. The van der Waals surface area contributed by atoms with Crippen molar-refractivity contribution in [2.24, 2.45) is 11.3 Å². The summed E-state index contributed by atoms with van der Waals surface area (Å²) in [4.78, 5) is 14.8. The van der Waals surface area contributed by atoms with Crippen molar-refractivity contribution in [1.29, 1.82) is 0 Å². The Morgan fingerprint density at radius 1 is 1.24 bits per heavy atom. The highest BCUT2D eigenvalue weighted by atomic mass is 16.5. The van der Waals surface area contributed by atoms with Gasteiger partial charge in [-0.25, -0.2) is 0 Å². The number of ether oxygens (including phenoxy) is 1. The van der Waals surface area contributed by atoms with Gasteiger partial charge in [-0.3, -0.25) is 4.79 Å². The van der Waals surface area contributed by atoms with Crippen LogP contribution < -0.4 is 15.4 Å². The van der Waals surface area contributed by atoms with E-state index in [2.05, 4.69) is 29.4 Å². The minimum Gasteiger partial charge on any atom is -0.492 e. The van der Waals surface area contributed by atoms with Gasteiger partial charge >= 0.3 is 0 Å². The third kappa shape index (κ3) is 4.53. The predicted octanol–water partition coefficient (Wildman–Crippen LogP) is 2.74. The minimum absolute atomic E-state index is 0.178. The molecule has 0 bridgehead atoms. The van der Waals surface area contributed by atoms with Crippen LogP contribution >= 0.6 is 0 Å². The molecule has 1 aromatic rings. The number of likely N-dealkylation sites (N-methyl/N-ethyl adjacent to an activating group) is 1. The molecule has 138 valence electrons. The standard InChI is InChI=1S/C20H31N3O2/c1-3-23(4-2)13-14-25-17-7-5-16(6-8-17)22-19(24)18-15-20(18)9-11-21-12-10-20/h5-8,18,21H,3-4,9-15H2,1-2H3,(H,22,24). The van der Waals surface area contributed by atoms with Crippen molar-refractivity contribution in [2.45, 2.75) is 33.1 Å². The van der Waals surface area contributed by atoms with Crippen molar-refractivity contribution in [3.63, 3.8) is 0 Å². The largest absolute Gasteiger partial charge is 0.492 e. The Labute approximate surface area is 151 Å². The zero-order valence-corrected chi connectivity index (χ0v) is 15.5. The number of benzene rings is 1. The fourth-order valence-electron chi connectivity index (χ4n) is 3.89. The maximum atomic E-state index is 12.5. The summed E-state index contributed by atoms with van der Waals surface area (Å²) in [5, 5.41) is 6.45. The van der Waals surface area contributed by atoms with Crippen molar-refractivity contribution in [1.82, 2.24) is 10.2 Å². The smallest absolute Gasteiger partial charge is 0.228 e. The molecule has 2 N–H and O–H groups in total. The molecule has 5 heteroatoms. The first kappa shape index (κ1) is 18.2. The molecule has 1 unspecified atom stereocenters. The van der Waals surface area contributed by atoms with Gasteiger partial charge in [0.1, 0.15) is 12.4 Å². The molecule has 1 aromatic carbocycles. The van der Waals surface area contributed by atoms with E-state index in [9.17, 15) is 4.79 Å². The number of amides is 1. The van der Waals surface area contributed by atoms with Crippen molar-refractivity contribution >= 4 is 11.6 Å². The van der Waals surface area contributed by atoms with E-state index < -0.39 is 0 Å². The molecule has 5 nitrogen and oxygen atoms in total. The summed E-state index contributed by atoms with van der Waals surface area (Å²) in [6, 6.07) is 7.74. The van der Waals surface area contributed by atoms with Gasteiger partial charge < -0.3 is 20.3 Å². The molecular weight excluding hydrogens is 314 g/mol. The van der Waals surface area contributed by atoms with Gasteiger partial charge in [0.2, 0.25) is 5.91 Å². The monoisotopic (exact) mass is 345 g/mol. The number of hydrogen-bond acceptors (Lipinski definition) is 4. The van der Waals surface area contributed by atoms with Crippen molar-refractivity contribution in [3.05, 3.63) is 24.3 Å². The molecule has 0 radical (unpaired) electrons. The Hall–Kier alpha value is -1.59. The van der Waals surface area contributed by atoms with Crippen LogP contribution in [0.1, 0.15) is 33.1 Å². The van der Waals surface area contributed by atoms with Crippen LogP contribution in [-0.4, -0.2) is 50.1 Å². The lowest BCUT2D eigenvalue weighted by atomic mass is 9.92. The molecule has 1 saturated heterocycles. The molecule has 1 heterocycles. The molecule has 2 fully saturated rings. The zero-order chi connectivity index (χ0) is 17.7. The summed E-state index contributed by atoms with van der Waals surface area (Å²) in [6.45, 7) is 10.1. The van der Waals surface area contributed by atoms with E-state index in [4.69, 9.17) is 4.74 Å². The Kier molecular flexibility index (Phi) is 5.97. The van der Waals surface area contributed by atoms with Crippen LogP contribution in [0.4, 0.5) is 5.69 Å². The van der Waals surface area contributed by atoms with Crippen LogP contribution in [0.25, 0.3) is 0 Å². The third-order valence-electron chi connectivity index (χ3n) is 5.80. The van der Waals surface area contributed by atoms with E-state index in [0.717, 1.165) is 63.4 Å². The summed E-state index contributed by atoms with van der Waals surface area (Å²) in [7, 11) is 0. The number of anilines is 1. The number of hydrogen-bond donors (Lipinski definition) is 2. The lowest BCUT2D eigenvalue weighted by molar-refractivity contribution is -0.118. The highest BCUT2D eigenvalue weighted by Crippen LogP contribution is 2.58. The molecule has 0 aromatic heterocycles. The average molecular weight is 345 g/mol. The molecule has 2 aliphatic rings. The Bertz CT molecular complexity index is 563. The minimum atomic E-state index is 0.178. The quantitative estimate of drug-likeness (QED) is 0.761. The second kappa shape index (κ2) is 8.19. The van der Waals surface area contributed by atoms with Crippen molar-refractivity contribution < 1.29 is 9.53 Å². The van der Waals surface area contributed by atoms with E-state index in [1.165, 1.54) is 0 Å². The number of carbonyl (C=O) groups excluding carboxylic acids is 1. The number of nitrogens with one attached hydrogen (secondary N) is 2. The van der Waals surface area contributed by atoms with Gasteiger partial charge in [0.15, 0.2) is 0 Å². The number of nitrogens with zero attached hydrogens (tertiary/aromatic N) is 1. The van der Waals surface area contributed by atoms with Crippen LogP contribution in [0.2, 0.25) is 0 Å². The van der Waals surface area contributed by atoms with Crippen molar-refractivity contribution in [3.8, 4) is 5.75 Å². The lowest BCUT2D eigenvalue weighted by Gasteiger charge is -2.23. The van der Waals surface area contributed by atoms with E-state index >= 15 is 0 Å².